The van der Waals surface area contributed by atoms with Crippen LogP contribution in [0.2, 0.25) is 10.0 Å². The van der Waals surface area contributed by atoms with Gasteiger partial charge < -0.3 is 9.84 Å². The van der Waals surface area contributed by atoms with Crippen LogP contribution in [0, 0.1) is 0 Å². The van der Waals surface area contributed by atoms with Gasteiger partial charge in [-0.3, -0.25) is 9.80 Å². The number of halogens is 2. The standard InChI is InChI=1S/C14H20Cl2N2O2/c15-12-2-1-3-13(16)14(12)20-11-9-18-6-4-17(5-7-18)8-10-19/h1-3,19H,4-11H2. The van der Waals surface area contributed by atoms with Gasteiger partial charge in [-0.15, -0.1) is 0 Å². The van der Waals surface area contributed by atoms with E-state index in [9.17, 15) is 0 Å². The summed E-state index contributed by atoms with van der Waals surface area (Å²) in [6.45, 7) is 6.41. The van der Waals surface area contributed by atoms with Gasteiger partial charge in [-0.2, -0.15) is 0 Å². The molecule has 1 heterocycles. The van der Waals surface area contributed by atoms with Gasteiger partial charge in [0.05, 0.1) is 16.7 Å². The highest BCUT2D eigenvalue weighted by Gasteiger charge is 2.16. The average molecular weight is 319 g/mol. The third kappa shape index (κ3) is 4.50. The number of β-amino-alcohol motifs (C(OH)–C–C–N with tert-alkyl or cyclic N) is 1. The van der Waals surface area contributed by atoms with Gasteiger partial charge in [-0.1, -0.05) is 29.3 Å². The number of piperazine rings is 1. The van der Waals surface area contributed by atoms with Crippen molar-refractivity contribution in [3.05, 3.63) is 28.2 Å². The normalized spacial score (nSPS) is 17.4. The van der Waals surface area contributed by atoms with Gasteiger partial charge in [0.25, 0.3) is 0 Å². The van der Waals surface area contributed by atoms with Crippen LogP contribution in [0.5, 0.6) is 5.75 Å². The van der Waals surface area contributed by atoms with E-state index in [2.05, 4.69) is 9.80 Å². The summed E-state index contributed by atoms with van der Waals surface area (Å²) >= 11 is 12.1. The molecule has 1 fully saturated rings. The molecule has 0 amide bonds. The molecule has 0 aliphatic carbocycles. The first-order valence-electron chi connectivity index (χ1n) is 6.83. The Balaban J connectivity index is 1.72. The second-order valence-corrected chi connectivity index (χ2v) is 5.62. The number of ether oxygens (including phenoxy) is 1. The number of benzene rings is 1. The van der Waals surface area contributed by atoms with Gasteiger partial charge in [0.1, 0.15) is 6.61 Å². The summed E-state index contributed by atoms with van der Waals surface area (Å²) in [5.74, 6) is 0.565. The summed E-state index contributed by atoms with van der Waals surface area (Å²) in [6.07, 6.45) is 0. The van der Waals surface area contributed by atoms with Crippen molar-refractivity contribution in [2.24, 2.45) is 0 Å². The van der Waals surface area contributed by atoms with Gasteiger partial charge >= 0.3 is 0 Å². The maximum absolute atomic E-state index is 8.90. The first kappa shape index (κ1) is 15.9. The average Bonchev–Trinajstić information content (AvgIpc) is 2.44. The maximum atomic E-state index is 8.90. The molecule has 1 aromatic carbocycles. The van der Waals surface area contributed by atoms with Crippen LogP contribution in [0.3, 0.4) is 0 Å². The molecule has 1 aromatic rings. The first-order valence-corrected chi connectivity index (χ1v) is 7.58. The minimum atomic E-state index is 0.230. The quantitative estimate of drug-likeness (QED) is 0.870. The van der Waals surface area contributed by atoms with Gasteiger partial charge in [-0.25, -0.2) is 0 Å². The summed E-state index contributed by atoms with van der Waals surface area (Å²) in [5, 5.41) is 10.00. The second kappa shape index (κ2) is 8.05. The van der Waals surface area contributed by atoms with E-state index in [1.807, 2.05) is 0 Å². The van der Waals surface area contributed by atoms with Crippen molar-refractivity contribution in [2.75, 3.05) is 52.5 Å². The molecule has 2 rings (SSSR count). The summed E-state index contributed by atoms with van der Waals surface area (Å²) in [6, 6.07) is 5.35. The third-order valence-corrected chi connectivity index (χ3v) is 4.05. The number of hydrogen-bond donors (Lipinski definition) is 1. The van der Waals surface area contributed by atoms with E-state index in [0.29, 0.717) is 22.4 Å². The molecule has 1 N–H and O–H groups in total. The van der Waals surface area contributed by atoms with Crippen LogP contribution in [-0.2, 0) is 0 Å². The molecule has 1 saturated heterocycles. The lowest BCUT2D eigenvalue weighted by atomic mass is 10.3. The number of nitrogens with zero attached hydrogens (tertiary/aromatic N) is 2. The molecule has 0 saturated carbocycles. The van der Waals surface area contributed by atoms with E-state index >= 15 is 0 Å². The molecule has 0 atom stereocenters. The van der Waals surface area contributed by atoms with Crippen molar-refractivity contribution in [3.8, 4) is 5.75 Å². The molecule has 0 bridgehead atoms. The fourth-order valence-electron chi connectivity index (χ4n) is 2.28. The van der Waals surface area contributed by atoms with Gasteiger partial charge in [-0.05, 0) is 12.1 Å². The number of aliphatic hydroxyl groups is 1. The molecule has 1 aliphatic heterocycles. The summed E-state index contributed by atoms with van der Waals surface area (Å²) in [5.41, 5.74) is 0. The first-order chi connectivity index (χ1) is 9.70. The Bertz CT molecular complexity index is 403. The summed E-state index contributed by atoms with van der Waals surface area (Å²) in [7, 11) is 0. The minimum absolute atomic E-state index is 0.230. The molecule has 6 heteroatoms. The molecule has 0 unspecified atom stereocenters. The van der Waals surface area contributed by atoms with Crippen LogP contribution in [0.25, 0.3) is 0 Å². The van der Waals surface area contributed by atoms with E-state index < -0.39 is 0 Å². The zero-order valence-corrected chi connectivity index (χ0v) is 12.9. The van der Waals surface area contributed by atoms with Crippen molar-refractivity contribution < 1.29 is 9.84 Å². The lowest BCUT2D eigenvalue weighted by molar-refractivity contribution is 0.102. The lowest BCUT2D eigenvalue weighted by Crippen LogP contribution is -2.48. The molecule has 0 spiro atoms. The Morgan fingerprint density at radius 2 is 1.55 bits per heavy atom. The Kier molecular flexibility index (Phi) is 6.39. The van der Waals surface area contributed by atoms with Crippen molar-refractivity contribution in [3.63, 3.8) is 0 Å². The van der Waals surface area contributed by atoms with Crippen LogP contribution in [0.1, 0.15) is 0 Å². The Hall–Kier alpha value is -0.520. The lowest BCUT2D eigenvalue weighted by Gasteiger charge is -2.34. The van der Waals surface area contributed by atoms with Crippen LogP contribution in [-0.4, -0.2) is 67.4 Å². The zero-order valence-electron chi connectivity index (χ0n) is 11.4. The number of rotatable bonds is 6. The fraction of sp³-hybridized carbons (Fsp3) is 0.571. The largest absolute Gasteiger partial charge is 0.489 e. The Morgan fingerprint density at radius 3 is 2.10 bits per heavy atom. The van der Waals surface area contributed by atoms with Crippen molar-refractivity contribution in [1.29, 1.82) is 0 Å². The van der Waals surface area contributed by atoms with E-state index in [0.717, 1.165) is 39.3 Å². The molecule has 20 heavy (non-hydrogen) atoms. The molecule has 4 nitrogen and oxygen atoms in total. The highest BCUT2D eigenvalue weighted by Crippen LogP contribution is 2.32. The fourth-order valence-corrected chi connectivity index (χ4v) is 2.78. The highest BCUT2D eigenvalue weighted by molar-refractivity contribution is 6.37. The highest BCUT2D eigenvalue weighted by atomic mass is 35.5. The number of aliphatic hydroxyl groups excluding tert-OH is 1. The van der Waals surface area contributed by atoms with Crippen LogP contribution >= 0.6 is 23.2 Å². The minimum Gasteiger partial charge on any atom is -0.489 e. The van der Waals surface area contributed by atoms with E-state index in [4.69, 9.17) is 33.0 Å². The summed E-state index contributed by atoms with van der Waals surface area (Å²) in [4.78, 5) is 4.61. The predicted molar refractivity (Wildman–Crippen MR) is 81.9 cm³/mol. The smallest absolute Gasteiger partial charge is 0.156 e. The Labute approximate surface area is 129 Å². The van der Waals surface area contributed by atoms with Gasteiger partial charge in [0.15, 0.2) is 5.75 Å². The number of para-hydroxylation sites is 1. The molecular weight excluding hydrogens is 299 g/mol. The van der Waals surface area contributed by atoms with Crippen molar-refractivity contribution in [2.45, 2.75) is 0 Å². The molecule has 0 radical (unpaired) electrons. The SMILES string of the molecule is OCCN1CCN(CCOc2c(Cl)cccc2Cl)CC1. The van der Waals surface area contributed by atoms with Gasteiger partial charge in [0, 0.05) is 39.3 Å². The van der Waals surface area contributed by atoms with E-state index in [1.165, 1.54) is 0 Å². The molecule has 0 aromatic heterocycles. The topological polar surface area (TPSA) is 35.9 Å². The Morgan fingerprint density at radius 1 is 1.00 bits per heavy atom. The zero-order chi connectivity index (χ0) is 14.4. The van der Waals surface area contributed by atoms with Crippen molar-refractivity contribution >= 4 is 23.2 Å². The van der Waals surface area contributed by atoms with Crippen LogP contribution in [0.15, 0.2) is 18.2 Å². The van der Waals surface area contributed by atoms with Gasteiger partial charge in [0.2, 0.25) is 0 Å². The molecule has 1 aliphatic rings. The number of hydrogen-bond acceptors (Lipinski definition) is 4. The molecular formula is C14H20Cl2N2O2. The van der Waals surface area contributed by atoms with Crippen molar-refractivity contribution in [1.82, 2.24) is 9.80 Å². The monoisotopic (exact) mass is 318 g/mol. The molecule has 112 valence electrons. The predicted octanol–water partition coefficient (Wildman–Crippen LogP) is 1.98. The van der Waals surface area contributed by atoms with E-state index in [1.54, 1.807) is 18.2 Å². The second-order valence-electron chi connectivity index (χ2n) is 4.81. The summed E-state index contributed by atoms with van der Waals surface area (Å²) < 4.78 is 5.69. The van der Waals surface area contributed by atoms with Crippen LogP contribution in [0.4, 0.5) is 0 Å². The third-order valence-electron chi connectivity index (χ3n) is 3.45. The van der Waals surface area contributed by atoms with Crippen LogP contribution < -0.4 is 4.74 Å². The maximum Gasteiger partial charge on any atom is 0.156 e. The van der Waals surface area contributed by atoms with E-state index in [-0.39, 0.29) is 6.61 Å².